The van der Waals surface area contributed by atoms with E-state index < -0.39 is 23.6 Å². The van der Waals surface area contributed by atoms with Crippen LogP contribution in [0.3, 0.4) is 0 Å². The Hall–Kier alpha value is -4.02. The van der Waals surface area contributed by atoms with E-state index in [9.17, 15) is 9.59 Å². The summed E-state index contributed by atoms with van der Waals surface area (Å²) in [5.41, 5.74) is 12.9. The summed E-state index contributed by atoms with van der Waals surface area (Å²) in [6.07, 6.45) is 0.661. The lowest BCUT2D eigenvalue weighted by molar-refractivity contribution is 0.0601. The van der Waals surface area contributed by atoms with Crippen LogP contribution in [0.4, 0.5) is 10.5 Å². The molecule has 10 nitrogen and oxygen atoms in total. The minimum atomic E-state index is -0.969. The molecule has 206 valence electrons. The van der Waals surface area contributed by atoms with Gasteiger partial charge in [-0.15, -0.1) is 4.99 Å². The van der Waals surface area contributed by atoms with E-state index in [4.69, 9.17) is 48.7 Å². The van der Waals surface area contributed by atoms with E-state index >= 15 is 0 Å². The van der Waals surface area contributed by atoms with Crippen molar-refractivity contribution in [1.82, 2.24) is 10.1 Å². The van der Waals surface area contributed by atoms with Gasteiger partial charge < -0.3 is 25.5 Å². The molecule has 0 saturated carbocycles. The van der Waals surface area contributed by atoms with Gasteiger partial charge in [0.1, 0.15) is 35.0 Å². The number of nitrogens with zero attached hydrogens (tertiary/aromatic N) is 3. The normalized spacial score (nSPS) is 11.7. The van der Waals surface area contributed by atoms with E-state index in [0.29, 0.717) is 23.5 Å². The van der Waals surface area contributed by atoms with Crippen molar-refractivity contribution in [1.29, 1.82) is 0 Å². The number of aromatic nitrogens is 1. The maximum atomic E-state index is 14.0. The fraction of sp³-hybridized carbons (Fsp3) is 0.259. The van der Waals surface area contributed by atoms with Gasteiger partial charge in [-0.25, -0.2) is 4.79 Å². The molecule has 0 radical (unpaired) electrons. The van der Waals surface area contributed by atoms with Gasteiger partial charge in [0.05, 0.1) is 22.3 Å². The Morgan fingerprint density at radius 2 is 1.79 bits per heavy atom. The summed E-state index contributed by atoms with van der Waals surface area (Å²) >= 11 is 12.4. The van der Waals surface area contributed by atoms with Crippen molar-refractivity contribution in [3.05, 3.63) is 76.0 Å². The van der Waals surface area contributed by atoms with Crippen LogP contribution < -0.4 is 16.2 Å². The molecule has 0 atom stereocenters. The third-order valence-corrected chi connectivity index (χ3v) is 5.80. The molecule has 0 fully saturated rings. The number of guanidine groups is 1. The highest BCUT2D eigenvalue weighted by Crippen LogP contribution is 2.31. The lowest BCUT2D eigenvalue weighted by Crippen LogP contribution is -2.42. The first kappa shape index (κ1) is 29.5. The predicted octanol–water partition coefficient (Wildman–Crippen LogP) is 6.00. The van der Waals surface area contributed by atoms with Gasteiger partial charge in [-0.1, -0.05) is 41.0 Å². The summed E-state index contributed by atoms with van der Waals surface area (Å²) in [5, 5.41) is 4.46. The van der Waals surface area contributed by atoms with Gasteiger partial charge in [0, 0.05) is 5.56 Å². The Balaban J connectivity index is 2.05. The predicted molar refractivity (Wildman–Crippen MR) is 151 cm³/mol. The molecule has 0 unspecified atom stereocenters. The summed E-state index contributed by atoms with van der Waals surface area (Å²) in [6, 6.07) is 9.99. The molecule has 2 amide bonds. The maximum absolute atomic E-state index is 14.0. The van der Waals surface area contributed by atoms with Crippen LogP contribution in [0.1, 0.15) is 42.5 Å². The van der Waals surface area contributed by atoms with Crippen LogP contribution in [0.2, 0.25) is 10.0 Å². The number of ether oxygens (including phenoxy) is 2. The van der Waals surface area contributed by atoms with Gasteiger partial charge in [-0.3, -0.25) is 9.69 Å². The van der Waals surface area contributed by atoms with Gasteiger partial charge in [-0.05, 0) is 69.7 Å². The fourth-order valence-corrected chi connectivity index (χ4v) is 3.96. The highest BCUT2D eigenvalue weighted by molar-refractivity contribution is 6.38. The van der Waals surface area contributed by atoms with E-state index in [1.807, 2.05) is 0 Å². The number of nitrogens with two attached hydrogens (primary N) is 2. The number of carbonyl (C=O) groups is 2. The van der Waals surface area contributed by atoms with Gasteiger partial charge >= 0.3 is 6.09 Å². The van der Waals surface area contributed by atoms with E-state index in [0.717, 1.165) is 4.90 Å². The highest BCUT2D eigenvalue weighted by atomic mass is 35.5. The largest absolute Gasteiger partial charge is 0.490 e. The number of aryl methyl sites for hydroxylation is 1. The number of rotatable bonds is 7. The van der Waals surface area contributed by atoms with Crippen LogP contribution in [0.15, 0.2) is 58.6 Å². The minimum absolute atomic E-state index is 0.115. The van der Waals surface area contributed by atoms with Crippen LogP contribution in [0, 0.1) is 6.92 Å². The molecule has 4 N–H and O–H groups in total. The van der Waals surface area contributed by atoms with Crippen LogP contribution >= 0.6 is 23.2 Å². The monoisotopic (exact) mass is 573 g/mol. The maximum Gasteiger partial charge on any atom is 0.437 e. The zero-order valence-corrected chi connectivity index (χ0v) is 23.5. The third-order valence-electron chi connectivity index (χ3n) is 5.17. The first-order valence-electron chi connectivity index (χ1n) is 11.7. The third kappa shape index (κ3) is 7.52. The van der Waals surface area contributed by atoms with Crippen molar-refractivity contribution in [2.24, 2.45) is 10.7 Å². The minimum Gasteiger partial charge on any atom is -0.490 e. The van der Waals surface area contributed by atoms with E-state index in [-0.39, 0.29) is 39.3 Å². The van der Waals surface area contributed by atoms with Crippen molar-refractivity contribution in [2.75, 3.05) is 12.3 Å². The number of aliphatic imine (C=N–C) groups is 1. The van der Waals surface area contributed by atoms with E-state index in [2.05, 4.69) is 16.7 Å². The molecule has 12 heteroatoms. The summed E-state index contributed by atoms with van der Waals surface area (Å²) < 4.78 is 16.1. The number of anilines is 1. The highest BCUT2D eigenvalue weighted by Gasteiger charge is 2.29. The van der Waals surface area contributed by atoms with Crippen LogP contribution in [0.5, 0.6) is 5.75 Å². The summed E-state index contributed by atoms with van der Waals surface area (Å²) in [7, 11) is 0. The second-order valence-electron chi connectivity index (χ2n) is 9.40. The Morgan fingerprint density at radius 3 is 2.36 bits per heavy atom. The SMILES string of the molecule is C=CCOc1ccc(-c2noc(C)c2C(=O)N(Cc2cc(Cl)c(N)c(Cl)c2)C(N)=NC(=O)OC(C)(C)C)cc1. The smallest absolute Gasteiger partial charge is 0.437 e. The van der Waals surface area contributed by atoms with E-state index in [1.165, 1.54) is 12.1 Å². The Bertz CT molecular complexity index is 1390. The first-order valence-corrected chi connectivity index (χ1v) is 12.5. The van der Waals surface area contributed by atoms with Gasteiger partial charge in [0.2, 0.25) is 5.96 Å². The number of nitrogen functional groups attached to an aromatic ring is 1. The number of carbonyl (C=O) groups excluding carboxylic acids is 2. The number of benzene rings is 2. The lowest BCUT2D eigenvalue weighted by Gasteiger charge is -2.23. The second kappa shape index (κ2) is 12.2. The average Bonchev–Trinajstić information content (AvgIpc) is 3.24. The molecule has 39 heavy (non-hydrogen) atoms. The molecule has 0 aliphatic heterocycles. The molecule has 0 aliphatic rings. The molecule has 0 spiro atoms. The van der Waals surface area contributed by atoms with Gasteiger partial charge in [0.25, 0.3) is 5.91 Å². The Morgan fingerprint density at radius 1 is 1.18 bits per heavy atom. The molecule has 0 bridgehead atoms. The number of amides is 2. The van der Waals surface area contributed by atoms with Crippen LogP contribution in [0.25, 0.3) is 11.3 Å². The standard InChI is InChI=1S/C27H29Cl2N5O5/c1-6-11-37-18-9-7-17(8-10-18)23-21(15(2)39-33-23)24(35)34(25(31)32-26(36)38-27(3,4)5)14-16-12-19(28)22(30)20(29)13-16/h6-10,12-13H,1,11,14,30H2,2-5H3,(H2,31,32,36). The van der Waals surface area contributed by atoms with Gasteiger partial charge in [0.15, 0.2) is 0 Å². The second-order valence-corrected chi connectivity index (χ2v) is 10.2. The molecule has 1 heterocycles. The summed E-state index contributed by atoms with van der Waals surface area (Å²) in [6.45, 7) is 10.4. The van der Waals surface area contributed by atoms with Crippen molar-refractivity contribution in [3.63, 3.8) is 0 Å². The van der Waals surface area contributed by atoms with Gasteiger partial charge in [-0.2, -0.15) is 0 Å². The fourth-order valence-electron chi connectivity index (χ4n) is 3.43. The number of hydrogen-bond acceptors (Lipinski definition) is 7. The zero-order valence-electron chi connectivity index (χ0n) is 22.0. The van der Waals surface area contributed by atoms with Crippen molar-refractivity contribution in [2.45, 2.75) is 39.8 Å². The molecular weight excluding hydrogens is 545 g/mol. The summed E-state index contributed by atoms with van der Waals surface area (Å²) in [5.74, 6) is -0.215. The first-order chi connectivity index (χ1) is 18.3. The topological polar surface area (TPSA) is 146 Å². The van der Waals surface area contributed by atoms with E-state index in [1.54, 1.807) is 58.0 Å². The summed E-state index contributed by atoms with van der Waals surface area (Å²) in [4.78, 5) is 31.3. The molecule has 1 aromatic heterocycles. The Labute approximate surface area is 236 Å². The molecule has 2 aromatic carbocycles. The average molecular weight is 574 g/mol. The Kier molecular flexibility index (Phi) is 9.26. The van der Waals surface area contributed by atoms with Crippen molar-refractivity contribution >= 4 is 46.8 Å². The number of halogens is 2. The molecule has 0 aliphatic carbocycles. The van der Waals surface area contributed by atoms with Crippen LogP contribution in [-0.4, -0.2) is 40.2 Å². The van der Waals surface area contributed by atoms with Crippen LogP contribution in [-0.2, 0) is 11.3 Å². The quantitative estimate of drug-likeness (QED) is 0.151. The lowest BCUT2D eigenvalue weighted by atomic mass is 10.0. The molecule has 3 aromatic rings. The number of hydrogen-bond donors (Lipinski definition) is 2. The zero-order chi connectivity index (χ0) is 28.9. The van der Waals surface area contributed by atoms with Crippen molar-refractivity contribution < 1.29 is 23.6 Å². The van der Waals surface area contributed by atoms with Crippen molar-refractivity contribution in [3.8, 4) is 17.0 Å². The molecular formula is C27H29Cl2N5O5. The molecule has 0 saturated heterocycles. The molecule has 3 rings (SSSR count).